The summed E-state index contributed by atoms with van der Waals surface area (Å²) in [5.74, 6) is -0.308. The van der Waals surface area contributed by atoms with E-state index in [4.69, 9.17) is 5.53 Å². The molecule has 72 valence electrons. The zero-order valence-electron chi connectivity index (χ0n) is 7.77. The summed E-state index contributed by atoms with van der Waals surface area (Å²) in [7, 11) is 0. The van der Waals surface area contributed by atoms with E-state index >= 15 is 0 Å². The summed E-state index contributed by atoms with van der Waals surface area (Å²) in [6.07, 6.45) is 0. The fourth-order valence-corrected chi connectivity index (χ4v) is 0.999. The molecule has 0 bridgehead atoms. The third-order valence-electron chi connectivity index (χ3n) is 1.70. The van der Waals surface area contributed by atoms with Crippen LogP contribution in [0.2, 0.25) is 0 Å². The van der Waals surface area contributed by atoms with E-state index in [1.165, 1.54) is 0 Å². The lowest BCUT2D eigenvalue weighted by molar-refractivity contribution is -0.114. The van der Waals surface area contributed by atoms with Gasteiger partial charge < -0.3 is 5.32 Å². The van der Waals surface area contributed by atoms with Gasteiger partial charge in [-0.2, -0.15) is 0 Å². The molecule has 14 heavy (non-hydrogen) atoms. The van der Waals surface area contributed by atoms with Gasteiger partial charge in [0.15, 0.2) is 0 Å². The first-order valence-electron chi connectivity index (χ1n) is 4.10. The van der Waals surface area contributed by atoms with Crippen molar-refractivity contribution in [2.75, 3.05) is 11.9 Å². The Bertz CT molecular complexity index is 382. The molecular weight excluding hydrogens is 180 g/mol. The number of carbonyl (C=O) groups excluding carboxylic acids is 1. The van der Waals surface area contributed by atoms with Crippen molar-refractivity contribution in [2.24, 2.45) is 5.11 Å². The fraction of sp³-hybridized carbons (Fsp3) is 0.222. The Morgan fingerprint density at radius 1 is 1.57 bits per heavy atom. The van der Waals surface area contributed by atoms with Crippen LogP contribution in [-0.4, -0.2) is 12.5 Å². The van der Waals surface area contributed by atoms with Crippen LogP contribution in [-0.2, 0) is 4.79 Å². The number of aryl methyl sites for hydroxylation is 1. The van der Waals surface area contributed by atoms with Gasteiger partial charge in [-0.05, 0) is 24.1 Å². The zero-order chi connectivity index (χ0) is 10.4. The highest BCUT2D eigenvalue weighted by atomic mass is 16.1. The maximum atomic E-state index is 11.1. The van der Waals surface area contributed by atoms with Crippen LogP contribution in [0.25, 0.3) is 10.4 Å². The lowest BCUT2D eigenvalue weighted by Crippen LogP contribution is -2.14. The molecule has 0 heterocycles. The second kappa shape index (κ2) is 4.89. The van der Waals surface area contributed by atoms with Crippen LogP contribution >= 0.6 is 0 Å². The number of benzene rings is 1. The second-order valence-electron chi connectivity index (χ2n) is 2.75. The van der Waals surface area contributed by atoms with Gasteiger partial charge in [-0.15, -0.1) is 0 Å². The average Bonchev–Trinajstić information content (AvgIpc) is 2.18. The predicted octanol–water partition coefficient (Wildman–Crippen LogP) is 2.24. The minimum Gasteiger partial charge on any atom is -0.326 e. The number of rotatable bonds is 3. The second-order valence-corrected chi connectivity index (χ2v) is 2.75. The van der Waals surface area contributed by atoms with Crippen molar-refractivity contribution in [2.45, 2.75) is 6.92 Å². The lowest BCUT2D eigenvalue weighted by atomic mass is 10.2. The molecule has 0 radical (unpaired) electrons. The highest BCUT2D eigenvalue weighted by Gasteiger charge is 2.01. The molecule has 0 atom stereocenters. The first-order valence-corrected chi connectivity index (χ1v) is 4.10. The third-order valence-corrected chi connectivity index (χ3v) is 1.70. The normalized spacial score (nSPS) is 8.93. The summed E-state index contributed by atoms with van der Waals surface area (Å²) in [6, 6.07) is 7.40. The van der Waals surface area contributed by atoms with Gasteiger partial charge in [-0.1, -0.05) is 23.3 Å². The number of anilines is 1. The maximum absolute atomic E-state index is 11.1. The molecular formula is C9H10N4O. The number of hydrogen-bond donors (Lipinski definition) is 1. The van der Waals surface area contributed by atoms with Crippen LogP contribution in [0.4, 0.5) is 5.69 Å². The number of azide groups is 1. The van der Waals surface area contributed by atoms with Gasteiger partial charge in [-0.3, -0.25) is 4.79 Å². The monoisotopic (exact) mass is 190 g/mol. The van der Waals surface area contributed by atoms with E-state index in [1.54, 1.807) is 6.07 Å². The maximum Gasteiger partial charge on any atom is 0.230 e. The zero-order valence-corrected chi connectivity index (χ0v) is 7.77. The first-order chi connectivity index (χ1) is 6.74. The molecule has 1 aromatic rings. The Morgan fingerprint density at radius 2 is 2.29 bits per heavy atom. The summed E-state index contributed by atoms with van der Waals surface area (Å²) in [6.45, 7) is 1.72. The van der Waals surface area contributed by atoms with Crippen molar-refractivity contribution in [1.82, 2.24) is 0 Å². The van der Waals surface area contributed by atoms with Crippen molar-refractivity contribution in [3.63, 3.8) is 0 Å². The van der Waals surface area contributed by atoms with E-state index in [2.05, 4.69) is 15.3 Å². The molecule has 1 N–H and O–H groups in total. The number of nitrogens with zero attached hydrogens (tertiary/aromatic N) is 3. The van der Waals surface area contributed by atoms with Crippen LogP contribution in [0.3, 0.4) is 0 Å². The molecule has 1 aromatic carbocycles. The average molecular weight is 190 g/mol. The number of hydrogen-bond acceptors (Lipinski definition) is 2. The van der Waals surface area contributed by atoms with Gasteiger partial charge in [0, 0.05) is 10.6 Å². The molecule has 0 unspecified atom stereocenters. The van der Waals surface area contributed by atoms with E-state index in [0.717, 1.165) is 11.3 Å². The Labute approximate surface area is 81.4 Å². The highest BCUT2D eigenvalue weighted by molar-refractivity contribution is 5.92. The van der Waals surface area contributed by atoms with E-state index < -0.39 is 0 Å². The van der Waals surface area contributed by atoms with Crippen molar-refractivity contribution in [3.05, 3.63) is 40.3 Å². The topological polar surface area (TPSA) is 77.9 Å². The van der Waals surface area contributed by atoms with Crippen LogP contribution < -0.4 is 5.32 Å². The van der Waals surface area contributed by atoms with Gasteiger partial charge in [-0.25, -0.2) is 0 Å². The quantitative estimate of drug-likeness (QED) is 0.442. The molecule has 0 aliphatic rings. The molecule has 0 spiro atoms. The SMILES string of the molecule is Cc1ccccc1NC(=O)CN=[N+]=[N-]. The highest BCUT2D eigenvalue weighted by Crippen LogP contribution is 2.12. The lowest BCUT2D eigenvalue weighted by Gasteiger charge is -2.05. The van der Waals surface area contributed by atoms with E-state index in [0.29, 0.717) is 0 Å². The van der Waals surface area contributed by atoms with Gasteiger partial charge >= 0.3 is 0 Å². The van der Waals surface area contributed by atoms with Crippen molar-refractivity contribution in [3.8, 4) is 0 Å². The minimum absolute atomic E-state index is 0.176. The van der Waals surface area contributed by atoms with Crippen molar-refractivity contribution >= 4 is 11.6 Å². The van der Waals surface area contributed by atoms with Gasteiger partial charge in [0.2, 0.25) is 5.91 Å². The Morgan fingerprint density at radius 3 is 2.93 bits per heavy atom. The molecule has 1 amide bonds. The summed E-state index contributed by atoms with van der Waals surface area (Å²) >= 11 is 0. The molecule has 0 aromatic heterocycles. The molecule has 0 saturated carbocycles. The summed E-state index contributed by atoms with van der Waals surface area (Å²) in [5, 5.41) is 5.81. The van der Waals surface area contributed by atoms with Crippen LogP contribution in [0.1, 0.15) is 5.56 Å². The molecule has 0 aliphatic carbocycles. The molecule has 0 saturated heterocycles. The van der Waals surface area contributed by atoms with Crippen LogP contribution in [0.15, 0.2) is 29.4 Å². The smallest absolute Gasteiger partial charge is 0.230 e. The number of carbonyl (C=O) groups is 1. The number of nitrogens with one attached hydrogen (secondary N) is 1. The Balaban J connectivity index is 2.65. The number of para-hydroxylation sites is 1. The predicted molar refractivity (Wildman–Crippen MR) is 53.8 cm³/mol. The molecule has 5 heteroatoms. The van der Waals surface area contributed by atoms with E-state index in [-0.39, 0.29) is 12.5 Å². The first kappa shape index (κ1) is 10.1. The van der Waals surface area contributed by atoms with Gasteiger partial charge in [0.1, 0.15) is 6.54 Å². The summed E-state index contributed by atoms with van der Waals surface area (Å²) in [4.78, 5) is 13.7. The largest absolute Gasteiger partial charge is 0.326 e. The standard InChI is InChI=1S/C9H10N4O/c1-7-4-2-3-5-8(7)12-9(14)6-11-13-10/h2-5H,6H2,1H3,(H,12,14). The van der Waals surface area contributed by atoms with Crippen LogP contribution in [0.5, 0.6) is 0 Å². The Kier molecular flexibility index (Phi) is 3.52. The molecule has 1 rings (SSSR count). The van der Waals surface area contributed by atoms with E-state index in [1.807, 2.05) is 25.1 Å². The summed E-state index contributed by atoms with van der Waals surface area (Å²) < 4.78 is 0. The minimum atomic E-state index is -0.308. The molecule has 0 aliphatic heterocycles. The molecule has 5 nitrogen and oxygen atoms in total. The van der Waals surface area contributed by atoms with E-state index in [9.17, 15) is 4.79 Å². The fourth-order valence-electron chi connectivity index (χ4n) is 0.999. The molecule has 0 fully saturated rings. The Hall–Kier alpha value is -2.00. The third kappa shape index (κ3) is 2.80. The van der Waals surface area contributed by atoms with Crippen molar-refractivity contribution < 1.29 is 4.79 Å². The van der Waals surface area contributed by atoms with Gasteiger partial charge in [0.05, 0.1) is 0 Å². The van der Waals surface area contributed by atoms with Gasteiger partial charge in [0.25, 0.3) is 0 Å². The number of amides is 1. The summed E-state index contributed by atoms with van der Waals surface area (Å²) in [5.41, 5.74) is 9.73. The van der Waals surface area contributed by atoms with Crippen LogP contribution in [0, 0.1) is 6.92 Å². The van der Waals surface area contributed by atoms with Crippen molar-refractivity contribution in [1.29, 1.82) is 0 Å².